The molecule has 0 amide bonds. The van der Waals surface area contributed by atoms with E-state index in [1.54, 1.807) is 12.1 Å². The summed E-state index contributed by atoms with van der Waals surface area (Å²) in [5, 5.41) is 0.0590. The van der Waals surface area contributed by atoms with Crippen LogP contribution in [0.15, 0.2) is 34.9 Å². The normalized spacial score (nSPS) is 10.6. The molecule has 0 aliphatic heterocycles. The molecule has 94 valence electrons. The van der Waals surface area contributed by atoms with Gasteiger partial charge in [0, 0.05) is 12.8 Å². The highest BCUT2D eigenvalue weighted by atomic mass is 35.5. The van der Waals surface area contributed by atoms with Crippen LogP contribution in [-0.4, -0.2) is 5.78 Å². The third-order valence-electron chi connectivity index (χ3n) is 2.72. The van der Waals surface area contributed by atoms with Gasteiger partial charge in [0.05, 0.1) is 16.8 Å². The van der Waals surface area contributed by atoms with Gasteiger partial charge in [-0.25, -0.2) is 4.39 Å². The van der Waals surface area contributed by atoms with E-state index in [1.165, 1.54) is 18.4 Å². The third kappa shape index (κ3) is 2.62. The highest BCUT2D eigenvalue weighted by Crippen LogP contribution is 2.18. The Bertz CT molecular complexity index is 575. The quantitative estimate of drug-likeness (QED) is 0.781. The first-order valence-corrected chi connectivity index (χ1v) is 6.03. The summed E-state index contributed by atoms with van der Waals surface area (Å²) in [6.07, 6.45) is 2.29. The van der Waals surface area contributed by atoms with E-state index in [0.29, 0.717) is 23.3 Å². The minimum Gasteiger partial charge on any atom is -0.469 e. The molecule has 0 aliphatic rings. The molecule has 0 N–H and O–H groups in total. The van der Waals surface area contributed by atoms with Crippen molar-refractivity contribution in [2.45, 2.75) is 19.8 Å². The highest BCUT2D eigenvalue weighted by molar-refractivity contribution is 6.30. The van der Waals surface area contributed by atoms with Crippen LogP contribution in [0.3, 0.4) is 0 Å². The number of hydrogen-bond acceptors (Lipinski definition) is 2. The molecule has 0 aliphatic carbocycles. The summed E-state index contributed by atoms with van der Waals surface area (Å²) in [5.74, 6) is 0.0710. The van der Waals surface area contributed by atoms with Crippen LogP contribution < -0.4 is 0 Å². The summed E-state index contributed by atoms with van der Waals surface area (Å²) in [7, 11) is 0. The van der Waals surface area contributed by atoms with Gasteiger partial charge >= 0.3 is 0 Å². The smallest absolute Gasteiger partial charge is 0.170 e. The highest BCUT2D eigenvalue weighted by Gasteiger charge is 2.14. The topological polar surface area (TPSA) is 30.2 Å². The Kier molecular flexibility index (Phi) is 3.82. The Morgan fingerprint density at radius 3 is 2.83 bits per heavy atom. The van der Waals surface area contributed by atoms with Crippen molar-refractivity contribution >= 4 is 17.4 Å². The maximum Gasteiger partial charge on any atom is 0.170 e. The zero-order valence-electron chi connectivity index (χ0n) is 9.87. The molecular formula is C14H12ClFO2. The fraction of sp³-hybridized carbons (Fsp3) is 0.214. The minimum absolute atomic E-state index is 0.0590. The number of benzene rings is 1. The van der Waals surface area contributed by atoms with Crippen LogP contribution in [0.5, 0.6) is 0 Å². The molecule has 0 bridgehead atoms. The summed E-state index contributed by atoms with van der Waals surface area (Å²) in [4.78, 5) is 12.0. The molecule has 0 unspecified atom stereocenters. The standard InChI is InChI=1S/C14H12ClFO2/c1-2-14-10(5-6-18-14)13(17)8-9-3-4-11(15)12(16)7-9/h3-7H,2,8H2,1H3. The van der Waals surface area contributed by atoms with E-state index in [0.717, 1.165) is 0 Å². The molecule has 0 atom stereocenters. The van der Waals surface area contributed by atoms with Crippen molar-refractivity contribution in [1.82, 2.24) is 0 Å². The molecule has 2 nitrogen and oxygen atoms in total. The Morgan fingerprint density at radius 1 is 1.39 bits per heavy atom. The molecule has 0 radical (unpaired) electrons. The second-order valence-corrected chi connectivity index (χ2v) is 4.37. The summed E-state index contributed by atoms with van der Waals surface area (Å²) < 4.78 is 18.5. The van der Waals surface area contributed by atoms with Gasteiger partial charge in [0.25, 0.3) is 0 Å². The Balaban J connectivity index is 2.19. The minimum atomic E-state index is -0.509. The molecule has 0 saturated carbocycles. The van der Waals surface area contributed by atoms with Gasteiger partial charge in [-0.3, -0.25) is 4.79 Å². The maximum atomic E-state index is 13.3. The van der Waals surface area contributed by atoms with Crippen LogP contribution in [0.25, 0.3) is 0 Å². The summed E-state index contributed by atoms with van der Waals surface area (Å²) in [6, 6.07) is 6.03. The lowest BCUT2D eigenvalue weighted by molar-refractivity contribution is 0.0991. The van der Waals surface area contributed by atoms with Crippen molar-refractivity contribution in [3.05, 3.63) is 58.3 Å². The van der Waals surface area contributed by atoms with Crippen LogP contribution in [0.4, 0.5) is 4.39 Å². The Labute approximate surface area is 109 Å². The number of carbonyl (C=O) groups is 1. The zero-order valence-corrected chi connectivity index (χ0v) is 10.6. The van der Waals surface area contributed by atoms with Crippen molar-refractivity contribution in [2.75, 3.05) is 0 Å². The number of hydrogen-bond donors (Lipinski definition) is 0. The number of carbonyl (C=O) groups excluding carboxylic acids is 1. The van der Waals surface area contributed by atoms with E-state index in [1.807, 2.05) is 6.92 Å². The summed E-state index contributed by atoms with van der Waals surface area (Å²) in [6.45, 7) is 1.91. The molecule has 0 saturated heterocycles. The first kappa shape index (κ1) is 12.8. The van der Waals surface area contributed by atoms with Crippen molar-refractivity contribution in [1.29, 1.82) is 0 Å². The van der Waals surface area contributed by atoms with Crippen LogP contribution in [-0.2, 0) is 12.8 Å². The molecule has 18 heavy (non-hydrogen) atoms. The predicted octanol–water partition coefficient (Wildman–Crippen LogP) is 4.06. The van der Waals surface area contributed by atoms with Gasteiger partial charge in [-0.2, -0.15) is 0 Å². The lowest BCUT2D eigenvalue weighted by Gasteiger charge is -2.02. The average molecular weight is 267 g/mol. The van der Waals surface area contributed by atoms with Gasteiger partial charge in [0.15, 0.2) is 5.78 Å². The second kappa shape index (κ2) is 5.36. The van der Waals surface area contributed by atoms with Gasteiger partial charge in [-0.1, -0.05) is 24.6 Å². The van der Waals surface area contributed by atoms with Crippen LogP contribution in [0, 0.1) is 5.82 Å². The van der Waals surface area contributed by atoms with Gasteiger partial charge in [0.2, 0.25) is 0 Å². The van der Waals surface area contributed by atoms with Gasteiger partial charge in [0.1, 0.15) is 11.6 Å². The van der Waals surface area contributed by atoms with E-state index in [-0.39, 0.29) is 17.2 Å². The molecule has 0 fully saturated rings. The van der Waals surface area contributed by atoms with E-state index >= 15 is 0 Å². The number of Topliss-reactive ketones (excluding diaryl/α,β-unsaturated/α-hetero) is 1. The van der Waals surface area contributed by atoms with E-state index in [9.17, 15) is 9.18 Å². The molecule has 0 spiro atoms. The number of furan rings is 1. The number of rotatable bonds is 4. The first-order valence-electron chi connectivity index (χ1n) is 5.65. The fourth-order valence-corrected chi connectivity index (χ4v) is 1.91. The Morgan fingerprint density at radius 2 is 2.17 bits per heavy atom. The predicted molar refractivity (Wildman–Crippen MR) is 67.5 cm³/mol. The molecular weight excluding hydrogens is 255 g/mol. The van der Waals surface area contributed by atoms with Gasteiger partial charge in [-0.15, -0.1) is 0 Å². The van der Waals surface area contributed by atoms with E-state index < -0.39 is 5.82 Å². The lowest BCUT2D eigenvalue weighted by atomic mass is 10.0. The monoisotopic (exact) mass is 266 g/mol. The molecule has 2 aromatic rings. The van der Waals surface area contributed by atoms with E-state index in [4.69, 9.17) is 16.0 Å². The van der Waals surface area contributed by atoms with Crippen LogP contribution in [0.2, 0.25) is 5.02 Å². The fourth-order valence-electron chi connectivity index (χ4n) is 1.79. The largest absolute Gasteiger partial charge is 0.469 e. The van der Waals surface area contributed by atoms with Crippen molar-refractivity contribution in [3.8, 4) is 0 Å². The molecule has 4 heteroatoms. The van der Waals surface area contributed by atoms with Crippen LogP contribution >= 0.6 is 11.6 Å². The maximum absolute atomic E-state index is 13.3. The zero-order chi connectivity index (χ0) is 13.1. The summed E-state index contributed by atoms with van der Waals surface area (Å²) in [5.41, 5.74) is 1.16. The van der Waals surface area contributed by atoms with Crippen molar-refractivity contribution < 1.29 is 13.6 Å². The van der Waals surface area contributed by atoms with Gasteiger partial charge in [-0.05, 0) is 23.8 Å². The van der Waals surface area contributed by atoms with Crippen molar-refractivity contribution in [2.24, 2.45) is 0 Å². The Hall–Kier alpha value is -1.61. The molecule has 2 rings (SSSR count). The number of aryl methyl sites for hydroxylation is 1. The average Bonchev–Trinajstić information content (AvgIpc) is 2.82. The van der Waals surface area contributed by atoms with E-state index in [2.05, 4.69) is 0 Å². The molecule has 1 heterocycles. The molecule has 1 aromatic carbocycles. The third-order valence-corrected chi connectivity index (χ3v) is 3.02. The van der Waals surface area contributed by atoms with Crippen molar-refractivity contribution in [3.63, 3.8) is 0 Å². The number of halogens is 2. The SMILES string of the molecule is CCc1occc1C(=O)Cc1ccc(Cl)c(F)c1. The lowest BCUT2D eigenvalue weighted by Crippen LogP contribution is -2.05. The number of ketones is 1. The molecule has 1 aromatic heterocycles. The first-order chi connectivity index (χ1) is 8.61. The second-order valence-electron chi connectivity index (χ2n) is 3.96. The van der Waals surface area contributed by atoms with Gasteiger partial charge < -0.3 is 4.42 Å². The summed E-state index contributed by atoms with van der Waals surface area (Å²) >= 11 is 5.59. The van der Waals surface area contributed by atoms with Crippen LogP contribution in [0.1, 0.15) is 28.6 Å².